The first kappa shape index (κ1) is 23.2. The molecule has 1 aromatic carbocycles. The molecule has 1 aliphatic heterocycles. The van der Waals surface area contributed by atoms with Crippen molar-refractivity contribution in [2.45, 2.75) is 38.0 Å². The number of nitrogens with one attached hydrogen (secondary N) is 2. The van der Waals surface area contributed by atoms with Gasteiger partial charge >= 0.3 is 5.97 Å². The third-order valence-electron chi connectivity index (χ3n) is 4.87. The second-order valence-corrected chi connectivity index (χ2v) is 10.1. The van der Waals surface area contributed by atoms with Gasteiger partial charge in [0.25, 0.3) is 0 Å². The molecule has 1 aliphatic rings. The molecule has 8 nitrogen and oxygen atoms in total. The van der Waals surface area contributed by atoms with E-state index in [0.717, 1.165) is 24.1 Å². The molecule has 0 radical (unpaired) electrons. The van der Waals surface area contributed by atoms with Crippen molar-refractivity contribution < 1.29 is 22.7 Å². The Balaban J connectivity index is 1.65. The Morgan fingerprint density at radius 1 is 1.16 bits per heavy atom. The number of thiophene rings is 1. The third kappa shape index (κ3) is 5.63. The number of hydrogen-bond donors (Lipinski definition) is 2. The largest absolute Gasteiger partial charge is 0.462 e. The van der Waals surface area contributed by atoms with Crippen LogP contribution in [0.25, 0.3) is 0 Å². The molecule has 0 saturated carbocycles. The van der Waals surface area contributed by atoms with Gasteiger partial charge in [0.05, 0.1) is 23.6 Å². The lowest BCUT2D eigenvalue weighted by Crippen LogP contribution is -2.28. The predicted molar refractivity (Wildman–Crippen MR) is 121 cm³/mol. The zero-order valence-corrected chi connectivity index (χ0v) is 19.3. The summed E-state index contributed by atoms with van der Waals surface area (Å²) in [6.07, 6.45) is 2.48. The van der Waals surface area contributed by atoms with E-state index >= 15 is 0 Å². The molecular formula is C21H27N3O5S2. The van der Waals surface area contributed by atoms with Crippen LogP contribution in [0.4, 0.5) is 10.7 Å². The molecule has 2 aromatic rings. The van der Waals surface area contributed by atoms with Gasteiger partial charge in [-0.05, 0) is 50.5 Å². The van der Waals surface area contributed by atoms with E-state index in [2.05, 4.69) is 10.6 Å². The summed E-state index contributed by atoms with van der Waals surface area (Å²) in [5.74, 6) is -0.815. The molecule has 3 rings (SSSR count). The van der Waals surface area contributed by atoms with Gasteiger partial charge < -0.3 is 15.4 Å². The van der Waals surface area contributed by atoms with Crippen LogP contribution < -0.4 is 10.6 Å². The van der Waals surface area contributed by atoms with E-state index in [1.54, 1.807) is 31.2 Å². The van der Waals surface area contributed by atoms with Crippen molar-refractivity contribution in [3.8, 4) is 0 Å². The zero-order valence-electron chi connectivity index (χ0n) is 17.6. The molecule has 0 bridgehead atoms. The number of esters is 1. The molecule has 1 fully saturated rings. The minimum Gasteiger partial charge on any atom is -0.462 e. The summed E-state index contributed by atoms with van der Waals surface area (Å²) in [7, 11) is -3.53. The Kier molecular flexibility index (Phi) is 7.69. The van der Waals surface area contributed by atoms with E-state index < -0.39 is 16.0 Å². The number of hydrogen-bond acceptors (Lipinski definition) is 7. The fourth-order valence-corrected chi connectivity index (χ4v) is 5.83. The normalized spacial score (nSPS) is 14.4. The molecule has 1 amide bonds. The van der Waals surface area contributed by atoms with Crippen LogP contribution in [0.3, 0.4) is 0 Å². The van der Waals surface area contributed by atoms with Crippen LogP contribution in [0.5, 0.6) is 0 Å². The van der Waals surface area contributed by atoms with Gasteiger partial charge in [0, 0.05) is 23.7 Å². The first-order chi connectivity index (χ1) is 14.8. The highest BCUT2D eigenvalue weighted by Gasteiger charge is 2.27. The predicted octanol–water partition coefficient (Wildman–Crippen LogP) is 3.32. The Morgan fingerprint density at radius 2 is 1.90 bits per heavy atom. The van der Waals surface area contributed by atoms with Gasteiger partial charge in [-0.2, -0.15) is 4.31 Å². The first-order valence-electron chi connectivity index (χ1n) is 10.3. The topological polar surface area (TPSA) is 105 Å². The van der Waals surface area contributed by atoms with Crippen molar-refractivity contribution >= 4 is 43.9 Å². The first-order valence-corrected chi connectivity index (χ1v) is 12.5. The molecule has 0 spiro atoms. The van der Waals surface area contributed by atoms with Gasteiger partial charge in [-0.1, -0.05) is 13.0 Å². The Hall–Kier alpha value is -2.43. The molecule has 1 aromatic heterocycles. The van der Waals surface area contributed by atoms with E-state index in [1.807, 2.05) is 6.92 Å². The maximum absolute atomic E-state index is 12.7. The summed E-state index contributed by atoms with van der Waals surface area (Å²) in [5.41, 5.74) is 0.872. The molecule has 0 unspecified atom stereocenters. The van der Waals surface area contributed by atoms with Crippen molar-refractivity contribution in [1.82, 2.24) is 4.31 Å². The van der Waals surface area contributed by atoms with Crippen molar-refractivity contribution in [3.63, 3.8) is 0 Å². The number of aryl methyl sites for hydroxylation is 1. The van der Waals surface area contributed by atoms with Gasteiger partial charge in [-0.15, -0.1) is 11.3 Å². The summed E-state index contributed by atoms with van der Waals surface area (Å²) < 4.78 is 32.0. The second kappa shape index (κ2) is 10.3. The average molecular weight is 466 g/mol. The Morgan fingerprint density at radius 3 is 2.58 bits per heavy atom. The van der Waals surface area contributed by atoms with Crippen molar-refractivity contribution in [2.75, 3.05) is 36.9 Å². The van der Waals surface area contributed by atoms with E-state index in [9.17, 15) is 18.0 Å². The van der Waals surface area contributed by atoms with E-state index in [4.69, 9.17) is 4.74 Å². The standard InChI is InChI=1S/C21H27N3O5S2/c1-3-16-13-18(21(26)29-4-2)20(30-16)23-19(25)14-22-15-8-7-9-17(12-15)31(27,28)24-10-5-6-11-24/h7-9,12-13,22H,3-6,10-11,14H2,1-2H3,(H,23,25). The van der Waals surface area contributed by atoms with Crippen molar-refractivity contribution in [1.29, 1.82) is 0 Å². The lowest BCUT2D eigenvalue weighted by Gasteiger charge is -2.16. The molecule has 31 heavy (non-hydrogen) atoms. The van der Waals surface area contributed by atoms with E-state index in [1.165, 1.54) is 21.7 Å². The molecule has 0 aliphatic carbocycles. The number of nitrogens with zero attached hydrogens (tertiary/aromatic N) is 1. The molecule has 168 valence electrons. The number of sulfonamides is 1. The van der Waals surface area contributed by atoms with Crippen LogP contribution >= 0.6 is 11.3 Å². The molecule has 1 saturated heterocycles. The minimum absolute atomic E-state index is 0.0746. The highest BCUT2D eigenvalue weighted by atomic mass is 32.2. The number of benzene rings is 1. The summed E-state index contributed by atoms with van der Waals surface area (Å²) in [5, 5.41) is 6.16. The summed E-state index contributed by atoms with van der Waals surface area (Å²) in [6.45, 7) is 4.94. The number of carbonyl (C=O) groups excluding carboxylic acids is 2. The zero-order chi connectivity index (χ0) is 22.4. The number of anilines is 2. The number of ether oxygens (including phenoxy) is 1. The lowest BCUT2D eigenvalue weighted by molar-refractivity contribution is -0.114. The summed E-state index contributed by atoms with van der Waals surface area (Å²) in [6, 6.07) is 8.18. The smallest absolute Gasteiger partial charge is 0.341 e. The number of amides is 1. The van der Waals surface area contributed by atoms with Gasteiger partial charge in [-0.3, -0.25) is 4.79 Å². The van der Waals surface area contributed by atoms with Crippen molar-refractivity contribution in [3.05, 3.63) is 40.8 Å². The third-order valence-corrected chi connectivity index (χ3v) is 7.96. The maximum Gasteiger partial charge on any atom is 0.341 e. The number of carbonyl (C=O) groups is 2. The Labute approximate surface area is 186 Å². The van der Waals surface area contributed by atoms with Crippen LogP contribution in [0.15, 0.2) is 35.2 Å². The molecular weight excluding hydrogens is 438 g/mol. The maximum atomic E-state index is 12.7. The second-order valence-electron chi connectivity index (χ2n) is 7.07. The van der Waals surface area contributed by atoms with Gasteiger partial charge in [0.1, 0.15) is 5.00 Å². The summed E-state index contributed by atoms with van der Waals surface area (Å²) >= 11 is 1.34. The SMILES string of the molecule is CCOC(=O)c1cc(CC)sc1NC(=O)CNc1cccc(S(=O)(=O)N2CCCC2)c1. The summed E-state index contributed by atoms with van der Waals surface area (Å²) in [4.78, 5) is 25.8. The highest BCUT2D eigenvalue weighted by Crippen LogP contribution is 2.29. The highest BCUT2D eigenvalue weighted by molar-refractivity contribution is 7.89. The number of rotatable bonds is 9. The molecule has 0 atom stereocenters. The lowest BCUT2D eigenvalue weighted by atomic mass is 10.2. The average Bonchev–Trinajstić information content (AvgIpc) is 3.43. The Bertz CT molecular complexity index is 1040. The van der Waals surface area contributed by atoms with Crippen molar-refractivity contribution in [2.24, 2.45) is 0 Å². The van der Waals surface area contributed by atoms with Crippen LogP contribution in [0.2, 0.25) is 0 Å². The minimum atomic E-state index is -3.53. The molecule has 2 N–H and O–H groups in total. The molecule has 2 heterocycles. The fourth-order valence-electron chi connectivity index (χ4n) is 3.27. The van der Waals surface area contributed by atoms with Gasteiger partial charge in [-0.25, -0.2) is 13.2 Å². The van der Waals surface area contributed by atoms with Gasteiger partial charge in [0.2, 0.25) is 15.9 Å². The monoisotopic (exact) mass is 465 g/mol. The van der Waals surface area contributed by atoms with Gasteiger partial charge in [0.15, 0.2) is 0 Å². The van der Waals surface area contributed by atoms with Crippen LogP contribution in [-0.4, -0.2) is 50.8 Å². The fraction of sp³-hybridized carbons (Fsp3) is 0.429. The van der Waals surface area contributed by atoms with Crippen LogP contribution in [-0.2, 0) is 26.0 Å². The van der Waals surface area contributed by atoms with E-state index in [-0.39, 0.29) is 24.0 Å². The quantitative estimate of drug-likeness (QED) is 0.551. The van der Waals surface area contributed by atoms with Crippen LogP contribution in [0, 0.1) is 0 Å². The molecule has 10 heteroatoms. The van der Waals surface area contributed by atoms with E-state index in [0.29, 0.717) is 29.3 Å². The van der Waals surface area contributed by atoms with Crippen LogP contribution in [0.1, 0.15) is 41.9 Å².